The van der Waals surface area contributed by atoms with Crippen molar-refractivity contribution in [2.24, 2.45) is 5.16 Å². The van der Waals surface area contributed by atoms with E-state index < -0.39 is 87.7 Å². The van der Waals surface area contributed by atoms with Crippen molar-refractivity contribution in [3.8, 4) is 0 Å². The molecule has 5 N–H and O–H groups in total. The summed E-state index contributed by atoms with van der Waals surface area (Å²) in [5, 5.41) is 41.5. The highest BCUT2D eigenvalue weighted by Crippen LogP contribution is 2.31. The Hall–Kier alpha value is -1.25. The summed E-state index contributed by atoms with van der Waals surface area (Å²) in [6.07, 6.45) is -6.67. The van der Waals surface area contributed by atoms with Gasteiger partial charge >= 0.3 is 10.4 Å². The Morgan fingerprint density at radius 2 is 1.88 bits per heavy atom. The minimum absolute atomic E-state index is 0.271. The number of nitrogens with zero attached hydrogens (tertiary/aromatic N) is 1. The van der Waals surface area contributed by atoms with Crippen LogP contribution in [0.4, 0.5) is 0 Å². The molecule has 0 radical (unpaired) electrons. The lowest BCUT2D eigenvalue weighted by molar-refractivity contribution is -0.205. The summed E-state index contributed by atoms with van der Waals surface area (Å²) in [4.78, 5) is 0. The number of aliphatic hydroxyl groups is 4. The zero-order chi connectivity index (χ0) is 23.0. The molecule has 1 heterocycles. The summed E-state index contributed by atoms with van der Waals surface area (Å²) in [7, 11) is -5.16. The maximum atomic E-state index is 10.9. The van der Waals surface area contributed by atoms with Gasteiger partial charge in [0.05, 0.1) is 13.5 Å². The van der Waals surface area contributed by atoms with Crippen molar-refractivity contribution >= 4 is 27.2 Å². The molecule has 1 saturated heterocycles. The summed E-state index contributed by atoms with van der Waals surface area (Å²) >= 11 is 0.271. The Labute approximate surface area is 154 Å². The Morgan fingerprint density at radius 3 is 2.44 bits per heavy atom. The Balaban J connectivity index is 2.56. The first kappa shape index (κ1) is 13.9. The van der Waals surface area contributed by atoms with Crippen molar-refractivity contribution in [1.29, 1.82) is 0 Å². The van der Waals surface area contributed by atoms with Crippen LogP contribution in [0.15, 0.2) is 35.4 Å². The molecule has 0 spiro atoms. The van der Waals surface area contributed by atoms with Crippen LogP contribution < -0.4 is 0 Å². The molecule has 0 amide bonds. The van der Waals surface area contributed by atoms with Gasteiger partial charge in [-0.25, -0.2) is 4.28 Å². The summed E-state index contributed by atoms with van der Waals surface area (Å²) in [5.41, 5.74) is -2.20. The van der Waals surface area contributed by atoms with Gasteiger partial charge in [0.2, 0.25) is 0 Å². The quantitative estimate of drug-likeness (QED) is 0.173. The molecule has 0 bridgehead atoms. The molecule has 0 saturated carbocycles. The highest BCUT2D eigenvalue weighted by atomic mass is 32.3. The van der Waals surface area contributed by atoms with Crippen LogP contribution in [-0.4, -0.2) is 74.9 Å². The van der Waals surface area contributed by atoms with Gasteiger partial charge in [-0.1, -0.05) is 47.1 Å². The van der Waals surface area contributed by atoms with Crippen LogP contribution >= 0.6 is 11.8 Å². The molecule has 1 aliphatic heterocycles. The number of benzene rings is 1. The van der Waals surface area contributed by atoms with E-state index in [4.69, 9.17) is 16.1 Å². The molecule has 0 aliphatic carbocycles. The van der Waals surface area contributed by atoms with E-state index in [0.29, 0.717) is 0 Å². The van der Waals surface area contributed by atoms with Gasteiger partial charge in [0.1, 0.15) is 34.9 Å². The van der Waals surface area contributed by atoms with Gasteiger partial charge in [0, 0.05) is 5.56 Å². The van der Waals surface area contributed by atoms with Gasteiger partial charge in [-0.15, -0.1) is 0 Å². The number of hydrogen-bond acceptors (Lipinski definition) is 10. The number of rotatable bonds is 5. The van der Waals surface area contributed by atoms with E-state index in [9.17, 15) is 28.8 Å². The Kier molecular flexibility index (Phi) is 4.68. The van der Waals surface area contributed by atoms with E-state index >= 15 is 0 Å². The average molecular weight is 400 g/mol. The molecule has 1 aromatic rings. The van der Waals surface area contributed by atoms with Crippen molar-refractivity contribution in [1.82, 2.24) is 0 Å². The second kappa shape index (κ2) is 8.42. The molecule has 2 rings (SSSR count). The molecule has 12 heteroatoms. The fraction of sp³-hybridized carbons (Fsp3) is 0.462. The third-order valence-corrected chi connectivity index (χ3v) is 4.39. The second-order valence-corrected chi connectivity index (χ2v) is 6.81. The zero-order valence-corrected chi connectivity index (χ0v) is 13.9. The third kappa shape index (κ3) is 5.36. The molecule has 25 heavy (non-hydrogen) atoms. The van der Waals surface area contributed by atoms with E-state index in [2.05, 4.69) is 9.44 Å². The number of thioether (sulfide) groups is 1. The summed E-state index contributed by atoms with van der Waals surface area (Å²) in [5.74, 6) is 0. The lowest BCUT2D eigenvalue weighted by atomic mass is 10.0. The largest absolute Gasteiger partial charge is 0.466 e. The molecular weight excluding hydrogens is 378 g/mol. The molecule has 0 aromatic heterocycles. The van der Waals surface area contributed by atoms with Crippen LogP contribution in [0.5, 0.6) is 0 Å². The molecule has 1 fully saturated rings. The second-order valence-electron chi connectivity index (χ2n) is 4.71. The first-order valence-electron chi connectivity index (χ1n) is 9.08. The van der Waals surface area contributed by atoms with Crippen LogP contribution in [-0.2, 0) is 19.4 Å². The van der Waals surface area contributed by atoms with Gasteiger partial charge in [0.15, 0.2) is 0 Å². The van der Waals surface area contributed by atoms with Crippen molar-refractivity contribution in [3.05, 3.63) is 35.8 Å². The van der Waals surface area contributed by atoms with Crippen LogP contribution in [0.25, 0.3) is 0 Å². The maximum absolute atomic E-state index is 10.9. The maximum Gasteiger partial charge on any atom is 0.466 e. The molecule has 0 unspecified atom stereocenters. The lowest BCUT2D eigenvalue weighted by Gasteiger charge is -2.39. The number of oxime groups is 1. The number of hydrogen-bond donors (Lipinski definition) is 5. The SMILES string of the molecule is [2H]c1c([2H])c([2H])c(/C(=N\OS(=O)(=O)O)S[C@@H]2O[C@H](CO)[C@@H](O)[C@H](O)[C@H]2O)c([2H])c1[2H]. The third-order valence-electron chi connectivity index (χ3n) is 3.00. The van der Waals surface area contributed by atoms with E-state index in [-0.39, 0.29) is 11.8 Å². The predicted octanol–water partition coefficient (Wildman–Crippen LogP) is -1.30. The standard InChI is InChI=1S/C13H17NO9S2/c15-6-8-9(16)10(17)11(18)13(22-8)24-12(14-23-25(19,20)21)7-4-2-1-3-5-7/h1-5,8-11,13,15-18H,6H2,(H,19,20,21)/b14-12+/t8-,9-,10+,11-,13+/m1/s1/i1D,2D,3D,4D,5D. The minimum Gasteiger partial charge on any atom is -0.394 e. The number of aliphatic hydroxyl groups excluding tert-OH is 4. The lowest BCUT2D eigenvalue weighted by Crippen LogP contribution is -2.57. The summed E-state index contributed by atoms with van der Waals surface area (Å²) in [6, 6.07) is -3.95. The van der Waals surface area contributed by atoms with Crippen molar-refractivity contribution in [2.75, 3.05) is 6.61 Å². The van der Waals surface area contributed by atoms with Gasteiger partial charge in [-0.05, 0) is 0 Å². The first-order valence-corrected chi connectivity index (χ1v) is 8.83. The van der Waals surface area contributed by atoms with Crippen LogP contribution in [0.3, 0.4) is 0 Å². The van der Waals surface area contributed by atoms with Crippen LogP contribution in [0.2, 0.25) is 0 Å². The Bertz CT molecular complexity index is 916. The molecule has 140 valence electrons. The van der Waals surface area contributed by atoms with Crippen molar-refractivity contribution in [3.63, 3.8) is 0 Å². The van der Waals surface area contributed by atoms with Gasteiger partial charge in [-0.2, -0.15) is 8.42 Å². The fourth-order valence-electron chi connectivity index (χ4n) is 1.84. The summed E-state index contributed by atoms with van der Waals surface area (Å²) < 4.78 is 78.6. The minimum atomic E-state index is -5.16. The smallest absolute Gasteiger partial charge is 0.394 e. The highest BCUT2D eigenvalue weighted by molar-refractivity contribution is 8.14. The molecule has 1 aromatic carbocycles. The van der Waals surface area contributed by atoms with E-state index in [1.165, 1.54) is 0 Å². The van der Waals surface area contributed by atoms with Gasteiger partial charge < -0.3 is 25.2 Å². The van der Waals surface area contributed by atoms with E-state index in [0.717, 1.165) is 0 Å². The van der Waals surface area contributed by atoms with Gasteiger partial charge in [-0.3, -0.25) is 4.55 Å². The molecule has 10 nitrogen and oxygen atoms in total. The van der Waals surface area contributed by atoms with E-state index in [1.807, 2.05) is 0 Å². The average Bonchev–Trinajstić information content (AvgIpc) is 2.68. The Morgan fingerprint density at radius 1 is 1.24 bits per heavy atom. The summed E-state index contributed by atoms with van der Waals surface area (Å²) in [6.45, 7) is -0.773. The molecular formula is C13H17NO9S2. The number of ether oxygens (including phenoxy) is 1. The topological polar surface area (TPSA) is 166 Å². The highest BCUT2D eigenvalue weighted by Gasteiger charge is 2.44. The zero-order valence-electron chi connectivity index (χ0n) is 17.2. The normalized spacial score (nSPS) is 33.7. The van der Waals surface area contributed by atoms with E-state index in [1.54, 1.807) is 0 Å². The fourth-order valence-corrected chi connectivity index (χ4v) is 3.07. The first-order chi connectivity index (χ1) is 13.8. The van der Waals surface area contributed by atoms with Gasteiger partial charge in [0.25, 0.3) is 0 Å². The van der Waals surface area contributed by atoms with Crippen LogP contribution in [0, 0.1) is 0 Å². The van der Waals surface area contributed by atoms with Crippen molar-refractivity contribution < 1.29 is 49.3 Å². The molecule has 1 aliphatic rings. The molecule has 5 atom stereocenters. The van der Waals surface area contributed by atoms with Crippen molar-refractivity contribution in [2.45, 2.75) is 29.9 Å². The van der Waals surface area contributed by atoms with Crippen LogP contribution in [0.1, 0.15) is 12.4 Å². The monoisotopic (exact) mass is 400 g/mol. The predicted molar refractivity (Wildman–Crippen MR) is 87.0 cm³/mol.